The number of aromatic hydroxyl groups is 1. The molecule has 4 amide bonds. The van der Waals surface area contributed by atoms with Crippen molar-refractivity contribution in [3.05, 3.63) is 59.2 Å². The van der Waals surface area contributed by atoms with Crippen molar-refractivity contribution in [2.75, 3.05) is 5.32 Å². The minimum absolute atomic E-state index is 0.0163. The van der Waals surface area contributed by atoms with Crippen LogP contribution in [0.3, 0.4) is 0 Å². The predicted molar refractivity (Wildman–Crippen MR) is 104 cm³/mol. The third-order valence-electron chi connectivity index (χ3n) is 5.13. The van der Waals surface area contributed by atoms with E-state index >= 15 is 0 Å². The van der Waals surface area contributed by atoms with Gasteiger partial charge in [0.05, 0.1) is 0 Å². The van der Waals surface area contributed by atoms with E-state index < -0.39 is 18.0 Å². The van der Waals surface area contributed by atoms with Crippen LogP contribution in [0, 0.1) is 0 Å². The van der Waals surface area contributed by atoms with Gasteiger partial charge in [-0.2, -0.15) is 0 Å². The van der Waals surface area contributed by atoms with Crippen LogP contribution in [0.15, 0.2) is 42.5 Å². The molecule has 2 heterocycles. The summed E-state index contributed by atoms with van der Waals surface area (Å²) in [5.41, 5.74) is 2.12. The van der Waals surface area contributed by atoms with Crippen LogP contribution in [0.5, 0.6) is 5.75 Å². The third kappa shape index (κ3) is 3.82. The quantitative estimate of drug-likeness (QED) is 0.663. The summed E-state index contributed by atoms with van der Waals surface area (Å²) >= 11 is 0. The van der Waals surface area contributed by atoms with Crippen molar-refractivity contribution < 1.29 is 29.0 Å². The minimum Gasteiger partial charge on any atom is -0.508 e. The highest BCUT2D eigenvalue weighted by molar-refractivity contribution is 6.06. The summed E-state index contributed by atoms with van der Waals surface area (Å²) in [5, 5.41) is 14.2. The zero-order valence-electron chi connectivity index (χ0n) is 15.9. The smallest absolute Gasteiger partial charge is 0.411 e. The molecule has 2 aromatic carbocycles. The van der Waals surface area contributed by atoms with Crippen molar-refractivity contribution in [1.29, 1.82) is 0 Å². The lowest BCUT2D eigenvalue weighted by molar-refractivity contribution is -0.136. The highest BCUT2D eigenvalue weighted by Gasteiger charge is 2.39. The molecule has 0 aliphatic carbocycles. The van der Waals surface area contributed by atoms with Gasteiger partial charge in [-0.3, -0.25) is 25.0 Å². The van der Waals surface area contributed by atoms with Gasteiger partial charge >= 0.3 is 6.09 Å². The van der Waals surface area contributed by atoms with Gasteiger partial charge in [0.2, 0.25) is 11.8 Å². The molecule has 9 heteroatoms. The molecule has 2 aromatic rings. The maximum absolute atomic E-state index is 12.8. The van der Waals surface area contributed by atoms with Crippen molar-refractivity contribution in [3.8, 4) is 5.75 Å². The molecule has 0 saturated carbocycles. The standard InChI is InChI=1S/C21H19N3O6/c25-13-6-4-12(5-7-13)11-30-21(29)22-16-3-1-2-14-15(16)10-24(20(14)28)17-8-9-18(26)23-19(17)27/h1-7,17,25H,8-11H2,(H,22,29)(H,23,26,27). The summed E-state index contributed by atoms with van der Waals surface area (Å²) in [6.07, 6.45) is -0.254. The summed E-state index contributed by atoms with van der Waals surface area (Å²) in [5.74, 6) is -1.04. The fourth-order valence-electron chi connectivity index (χ4n) is 3.59. The van der Waals surface area contributed by atoms with Crippen molar-refractivity contribution in [3.63, 3.8) is 0 Å². The third-order valence-corrected chi connectivity index (χ3v) is 5.13. The Hall–Kier alpha value is -3.88. The SMILES string of the molecule is O=C1CCC(N2Cc3c(NC(=O)OCc4ccc(O)cc4)cccc3C2=O)C(=O)N1. The van der Waals surface area contributed by atoms with Crippen LogP contribution in [-0.4, -0.2) is 39.9 Å². The normalized spacial score (nSPS) is 18.1. The second-order valence-electron chi connectivity index (χ2n) is 7.10. The monoisotopic (exact) mass is 409 g/mol. The molecule has 0 aromatic heterocycles. The Balaban J connectivity index is 1.44. The van der Waals surface area contributed by atoms with Crippen molar-refractivity contribution in [1.82, 2.24) is 10.2 Å². The second kappa shape index (κ2) is 7.86. The van der Waals surface area contributed by atoms with Gasteiger partial charge in [0.25, 0.3) is 5.91 Å². The Morgan fingerprint density at radius 2 is 1.93 bits per heavy atom. The molecule has 3 N–H and O–H groups in total. The molecular weight excluding hydrogens is 390 g/mol. The van der Waals surface area contributed by atoms with Gasteiger partial charge in [-0.15, -0.1) is 0 Å². The number of carbonyl (C=O) groups is 4. The Morgan fingerprint density at radius 1 is 1.17 bits per heavy atom. The van der Waals surface area contributed by atoms with E-state index in [0.29, 0.717) is 22.4 Å². The van der Waals surface area contributed by atoms with Crippen molar-refractivity contribution in [2.24, 2.45) is 0 Å². The first-order valence-electron chi connectivity index (χ1n) is 9.40. The first kappa shape index (κ1) is 19.4. The van der Waals surface area contributed by atoms with Gasteiger partial charge in [-0.1, -0.05) is 18.2 Å². The van der Waals surface area contributed by atoms with E-state index in [4.69, 9.17) is 4.74 Å². The highest BCUT2D eigenvalue weighted by atomic mass is 16.5. The number of piperidine rings is 1. The van der Waals surface area contributed by atoms with Crippen LogP contribution in [0.2, 0.25) is 0 Å². The minimum atomic E-state index is -0.725. The summed E-state index contributed by atoms with van der Waals surface area (Å²) in [6.45, 7) is 0.164. The first-order valence-corrected chi connectivity index (χ1v) is 9.40. The lowest BCUT2D eigenvalue weighted by atomic mass is 10.0. The number of nitrogens with one attached hydrogen (secondary N) is 2. The Labute approximate surface area is 171 Å². The largest absolute Gasteiger partial charge is 0.508 e. The summed E-state index contributed by atoms with van der Waals surface area (Å²) in [6, 6.07) is 10.5. The maximum Gasteiger partial charge on any atom is 0.411 e. The van der Waals surface area contributed by atoms with Crippen LogP contribution >= 0.6 is 0 Å². The number of amides is 4. The number of hydrogen-bond donors (Lipinski definition) is 3. The van der Waals surface area contributed by atoms with Gasteiger partial charge < -0.3 is 14.7 Å². The number of imide groups is 1. The second-order valence-corrected chi connectivity index (χ2v) is 7.10. The number of nitrogens with zero attached hydrogens (tertiary/aromatic N) is 1. The lowest BCUT2D eigenvalue weighted by Gasteiger charge is -2.29. The molecule has 0 spiro atoms. The molecule has 9 nitrogen and oxygen atoms in total. The number of hydrogen-bond acceptors (Lipinski definition) is 6. The van der Waals surface area contributed by atoms with E-state index in [9.17, 15) is 24.3 Å². The zero-order valence-corrected chi connectivity index (χ0v) is 15.9. The number of benzene rings is 2. The summed E-state index contributed by atoms with van der Waals surface area (Å²) in [4.78, 5) is 50.0. The molecule has 4 rings (SSSR count). The molecule has 1 atom stereocenters. The molecule has 0 radical (unpaired) electrons. The molecule has 2 aliphatic heterocycles. The summed E-state index contributed by atoms with van der Waals surface area (Å²) < 4.78 is 5.20. The highest BCUT2D eigenvalue weighted by Crippen LogP contribution is 2.32. The van der Waals surface area contributed by atoms with Crippen molar-refractivity contribution >= 4 is 29.5 Å². The van der Waals surface area contributed by atoms with E-state index in [1.165, 1.54) is 17.0 Å². The number of phenols is 1. The molecule has 1 unspecified atom stereocenters. The van der Waals surface area contributed by atoms with E-state index in [1.54, 1.807) is 30.3 Å². The van der Waals surface area contributed by atoms with Gasteiger partial charge in [0.1, 0.15) is 18.4 Å². The molecule has 1 fully saturated rings. The number of phenolic OH excluding ortho intramolecular Hbond substituents is 1. The first-order chi connectivity index (χ1) is 14.4. The molecule has 1 saturated heterocycles. The predicted octanol–water partition coefficient (Wildman–Crippen LogP) is 1.90. The van der Waals surface area contributed by atoms with Crippen molar-refractivity contribution in [2.45, 2.75) is 32.0 Å². The Bertz CT molecular complexity index is 1030. The number of anilines is 1. The number of fused-ring (bicyclic) bond motifs is 1. The molecule has 154 valence electrons. The zero-order chi connectivity index (χ0) is 21.3. The van der Waals surface area contributed by atoms with Crippen LogP contribution in [0.4, 0.5) is 10.5 Å². The maximum atomic E-state index is 12.8. The van der Waals surface area contributed by atoms with Gasteiger partial charge in [-0.05, 0) is 36.2 Å². The number of carbonyl (C=O) groups excluding carboxylic acids is 4. The van der Waals surface area contributed by atoms with Crippen LogP contribution in [0.1, 0.15) is 34.3 Å². The van der Waals surface area contributed by atoms with E-state index in [2.05, 4.69) is 10.6 Å². The molecule has 0 bridgehead atoms. The number of ether oxygens (including phenoxy) is 1. The molecule has 2 aliphatic rings. The average Bonchev–Trinajstić information content (AvgIpc) is 3.05. The molecular formula is C21H19N3O6. The molecule has 30 heavy (non-hydrogen) atoms. The average molecular weight is 409 g/mol. The number of rotatable bonds is 4. The van der Waals surface area contributed by atoms with Crippen LogP contribution < -0.4 is 10.6 Å². The lowest BCUT2D eigenvalue weighted by Crippen LogP contribution is -2.52. The Morgan fingerprint density at radius 3 is 2.67 bits per heavy atom. The summed E-state index contributed by atoms with van der Waals surface area (Å²) in [7, 11) is 0. The van der Waals surface area contributed by atoms with E-state index in [1.807, 2.05) is 0 Å². The fourth-order valence-corrected chi connectivity index (χ4v) is 3.59. The fraction of sp³-hybridized carbons (Fsp3) is 0.238. The van der Waals surface area contributed by atoms with Crippen LogP contribution in [0.25, 0.3) is 0 Å². The van der Waals surface area contributed by atoms with Gasteiger partial charge in [0.15, 0.2) is 0 Å². The van der Waals surface area contributed by atoms with E-state index in [0.717, 1.165) is 0 Å². The topological polar surface area (TPSA) is 125 Å². The van der Waals surface area contributed by atoms with Gasteiger partial charge in [0, 0.05) is 29.8 Å². The van der Waals surface area contributed by atoms with E-state index in [-0.39, 0.29) is 43.6 Å². The van der Waals surface area contributed by atoms with Crippen LogP contribution in [-0.2, 0) is 27.5 Å². The van der Waals surface area contributed by atoms with Gasteiger partial charge in [-0.25, -0.2) is 4.79 Å². The Kier molecular flexibility index (Phi) is 5.09.